The van der Waals surface area contributed by atoms with E-state index in [0.29, 0.717) is 23.0 Å². The highest BCUT2D eigenvalue weighted by Crippen LogP contribution is 2.38. The Hall–Kier alpha value is -2.86. The molecule has 0 saturated heterocycles. The van der Waals surface area contributed by atoms with E-state index in [1.807, 2.05) is 48.5 Å². The summed E-state index contributed by atoms with van der Waals surface area (Å²) >= 11 is 3.50. The molecule has 5 nitrogen and oxygen atoms in total. The molecule has 2 heterocycles. The molecule has 0 radical (unpaired) electrons. The van der Waals surface area contributed by atoms with Crippen LogP contribution in [0, 0.1) is 0 Å². The molecule has 0 spiro atoms. The summed E-state index contributed by atoms with van der Waals surface area (Å²) < 4.78 is 11.9. The number of nitrogens with one attached hydrogen (secondary N) is 1. The van der Waals surface area contributed by atoms with Gasteiger partial charge in [-0.1, -0.05) is 22.0 Å². The van der Waals surface area contributed by atoms with Crippen LogP contribution in [0.25, 0.3) is 21.8 Å². The first-order valence-electron chi connectivity index (χ1n) is 8.02. The molecule has 0 unspecified atom stereocenters. The standard InChI is InChI=1S/C20H16BrN3O2/c1-25-17-10-15-14-7-4-8-22-19(14)24-20(16(15)11-18(17)26-2)23-13-6-3-5-12(21)9-13/h3-11H,1-2H3,(H,22,23,24). The zero-order chi connectivity index (χ0) is 18.1. The highest BCUT2D eigenvalue weighted by atomic mass is 79.9. The monoisotopic (exact) mass is 409 g/mol. The Morgan fingerprint density at radius 2 is 1.65 bits per heavy atom. The number of fused-ring (bicyclic) bond motifs is 3. The van der Waals surface area contributed by atoms with Crippen molar-refractivity contribution in [3.63, 3.8) is 0 Å². The molecule has 6 heteroatoms. The Morgan fingerprint density at radius 1 is 0.885 bits per heavy atom. The van der Waals surface area contributed by atoms with Crippen LogP contribution in [0.4, 0.5) is 11.5 Å². The summed E-state index contributed by atoms with van der Waals surface area (Å²) in [6.07, 6.45) is 1.74. The number of hydrogen-bond donors (Lipinski definition) is 1. The number of hydrogen-bond acceptors (Lipinski definition) is 5. The minimum Gasteiger partial charge on any atom is -0.493 e. The first-order chi connectivity index (χ1) is 12.7. The summed E-state index contributed by atoms with van der Waals surface area (Å²) in [7, 11) is 3.26. The molecule has 2 aromatic carbocycles. The third-order valence-corrected chi connectivity index (χ3v) is 4.65. The number of benzene rings is 2. The van der Waals surface area contributed by atoms with Crippen LogP contribution in [0.1, 0.15) is 0 Å². The lowest BCUT2D eigenvalue weighted by Gasteiger charge is -2.14. The smallest absolute Gasteiger partial charge is 0.162 e. The first-order valence-corrected chi connectivity index (χ1v) is 8.82. The molecule has 0 atom stereocenters. The van der Waals surface area contributed by atoms with Crippen LogP contribution in [0.2, 0.25) is 0 Å². The number of pyridine rings is 2. The van der Waals surface area contributed by atoms with Crippen molar-refractivity contribution < 1.29 is 9.47 Å². The first kappa shape index (κ1) is 16.6. The second-order valence-electron chi connectivity index (χ2n) is 5.72. The van der Waals surface area contributed by atoms with Crippen LogP contribution in [0.5, 0.6) is 11.5 Å². The molecule has 0 amide bonds. The van der Waals surface area contributed by atoms with E-state index >= 15 is 0 Å². The third kappa shape index (κ3) is 2.93. The summed E-state index contributed by atoms with van der Waals surface area (Å²) in [5.74, 6) is 2.04. The van der Waals surface area contributed by atoms with Gasteiger partial charge in [0.05, 0.1) is 14.2 Å². The van der Waals surface area contributed by atoms with E-state index in [-0.39, 0.29) is 0 Å². The lowest BCUT2D eigenvalue weighted by molar-refractivity contribution is 0.356. The van der Waals surface area contributed by atoms with Crippen LogP contribution in [-0.4, -0.2) is 24.2 Å². The molecular weight excluding hydrogens is 394 g/mol. The van der Waals surface area contributed by atoms with E-state index in [1.165, 1.54) is 0 Å². The van der Waals surface area contributed by atoms with Gasteiger partial charge >= 0.3 is 0 Å². The highest BCUT2D eigenvalue weighted by Gasteiger charge is 2.14. The number of aromatic nitrogens is 2. The fourth-order valence-corrected chi connectivity index (χ4v) is 3.36. The molecule has 0 aliphatic heterocycles. The maximum Gasteiger partial charge on any atom is 0.162 e. The van der Waals surface area contributed by atoms with Crippen LogP contribution in [-0.2, 0) is 0 Å². The maximum atomic E-state index is 5.48. The van der Waals surface area contributed by atoms with Gasteiger partial charge in [0.15, 0.2) is 17.1 Å². The Labute approximate surface area is 159 Å². The molecular formula is C20H16BrN3O2. The largest absolute Gasteiger partial charge is 0.493 e. The zero-order valence-corrected chi connectivity index (χ0v) is 15.9. The fraction of sp³-hybridized carbons (Fsp3) is 0.100. The molecule has 26 heavy (non-hydrogen) atoms. The topological polar surface area (TPSA) is 56.3 Å². The van der Waals surface area contributed by atoms with Crippen molar-refractivity contribution in [2.75, 3.05) is 19.5 Å². The Kier molecular flexibility index (Phi) is 4.34. The number of ether oxygens (including phenoxy) is 2. The van der Waals surface area contributed by atoms with E-state index < -0.39 is 0 Å². The Bertz CT molecular complexity index is 1110. The summed E-state index contributed by atoms with van der Waals surface area (Å²) in [6, 6.07) is 15.7. The van der Waals surface area contributed by atoms with Gasteiger partial charge in [-0.25, -0.2) is 9.97 Å². The van der Waals surface area contributed by atoms with Crippen molar-refractivity contribution in [3.05, 3.63) is 59.2 Å². The van der Waals surface area contributed by atoms with Gasteiger partial charge in [0, 0.05) is 32.5 Å². The van der Waals surface area contributed by atoms with Crippen molar-refractivity contribution in [2.24, 2.45) is 0 Å². The van der Waals surface area contributed by atoms with Crippen LogP contribution < -0.4 is 14.8 Å². The third-order valence-electron chi connectivity index (χ3n) is 4.16. The highest BCUT2D eigenvalue weighted by molar-refractivity contribution is 9.10. The van der Waals surface area contributed by atoms with Crippen molar-refractivity contribution in [1.29, 1.82) is 0 Å². The second kappa shape index (κ2) is 6.80. The lowest BCUT2D eigenvalue weighted by Crippen LogP contribution is -1.98. The molecule has 4 rings (SSSR count). The predicted octanol–water partition coefficient (Wildman–Crippen LogP) is 5.31. The Morgan fingerprint density at radius 3 is 2.38 bits per heavy atom. The van der Waals surface area contributed by atoms with E-state index in [1.54, 1.807) is 20.4 Å². The van der Waals surface area contributed by atoms with E-state index in [4.69, 9.17) is 14.5 Å². The number of methoxy groups -OCH3 is 2. The molecule has 0 saturated carbocycles. The number of nitrogens with zero attached hydrogens (tertiary/aromatic N) is 2. The van der Waals surface area contributed by atoms with Crippen molar-refractivity contribution >= 4 is 49.2 Å². The maximum absolute atomic E-state index is 5.48. The molecule has 0 aliphatic rings. The van der Waals surface area contributed by atoms with Crippen molar-refractivity contribution in [2.45, 2.75) is 0 Å². The molecule has 1 N–H and O–H groups in total. The van der Waals surface area contributed by atoms with E-state index in [0.717, 1.165) is 26.3 Å². The van der Waals surface area contributed by atoms with Gasteiger partial charge in [0.25, 0.3) is 0 Å². The summed E-state index contributed by atoms with van der Waals surface area (Å²) in [4.78, 5) is 9.14. The summed E-state index contributed by atoms with van der Waals surface area (Å²) in [6.45, 7) is 0. The number of anilines is 2. The fourth-order valence-electron chi connectivity index (χ4n) is 2.96. The average Bonchev–Trinajstić information content (AvgIpc) is 2.67. The summed E-state index contributed by atoms with van der Waals surface area (Å²) in [5, 5.41) is 6.28. The van der Waals surface area contributed by atoms with Crippen LogP contribution in [0.3, 0.4) is 0 Å². The Balaban J connectivity index is 2.00. The molecule has 0 aliphatic carbocycles. The van der Waals surface area contributed by atoms with E-state index in [9.17, 15) is 0 Å². The van der Waals surface area contributed by atoms with Gasteiger partial charge in [0.1, 0.15) is 5.82 Å². The molecule has 4 aromatic rings. The van der Waals surface area contributed by atoms with Gasteiger partial charge in [-0.2, -0.15) is 0 Å². The minimum absolute atomic E-state index is 0.655. The van der Waals surface area contributed by atoms with Gasteiger partial charge in [-0.3, -0.25) is 0 Å². The number of halogens is 1. The normalized spacial score (nSPS) is 10.9. The molecule has 130 valence electrons. The van der Waals surface area contributed by atoms with Gasteiger partial charge < -0.3 is 14.8 Å². The van der Waals surface area contributed by atoms with E-state index in [2.05, 4.69) is 26.2 Å². The summed E-state index contributed by atoms with van der Waals surface area (Å²) in [5.41, 5.74) is 1.60. The predicted molar refractivity (Wildman–Crippen MR) is 108 cm³/mol. The molecule has 0 bridgehead atoms. The lowest BCUT2D eigenvalue weighted by atomic mass is 10.1. The van der Waals surface area contributed by atoms with Gasteiger partial charge in [-0.05, 0) is 42.5 Å². The second-order valence-corrected chi connectivity index (χ2v) is 6.64. The molecule has 2 aromatic heterocycles. The van der Waals surface area contributed by atoms with Crippen molar-refractivity contribution in [3.8, 4) is 11.5 Å². The number of rotatable bonds is 4. The van der Waals surface area contributed by atoms with Crippen LogP contribution >= 0.6 is 15.9 Å². The minimum atomic E-state index is 0.655. The van der Waals surface area contributed by atoms with Gasteiger partial charge in [-0.15, -0.1) is 0 Å². The quantitative estimate of drug-likeness (QED) is 0.463. The van der Waals surface area contributed by atoms with Crippen molar-refractivity contribution in [1.82, 2.24) is 9.97 Å². The zero-order valence-electron chi connectivity index (χ0n) is 14.3. The average molecular weight is 410 g/mol. The molecule has 0 fully saturated rings. The van der Waals surface area contributed by atoms with Crippen LogP contribution in [0.15, 0.2) is 59.2 Å². The van der Waals surface area contributed by atoms with Gasteiger partial charge in [0.2, 0.25) is 0 Å². The SMILES string of the molecule is COc1cc2c(Nc3cccc(Br)c3)nc3ncccc3c2cc1OC.